The minimum absolute atomic E-state index is 0.171. The lowest BCUT2D eigenvalue weighted by molar-refractivity contribution is 0.0912. The number of aromatic nitrogens is 4. The van der Waals surface area contributed by atoms with Crippen molar-refractivity contribution in [3.8, 4) is 0 Å². The van der Waals surface area contributed by atoms with Gasteiger partial charge in [-0.25, -0.2) is 9.48 Å². The van der Waals surface area contributed by atoms with E-state index < -0.39 is 0 Å². The fraction of sp³-hybridized carbons (Fsp3) is 0.375. The molecule has 3 heterocycles. The normalized spacial score (nSPS) is 17.4. The van der Waals surface area contributed by atoms with Crippen LogP contribution in [0.25, 0.3) is 11.0 Å². The van der Waals surface area contributed by atoms with Crippen molar-refractivity contribution >= 4 is 38.7 Å². The molecule has 1 atom stereocenters. The van der Waals surface area contributed by atoms with Crippen molar-refractivity contribution in [2.24, 2.45) is 0 Å². The summed E-state index contributed by atoms with van der Waals surface area (Å²) in [5.41, 5.74) is 1.10. The molecule has 1 aromatic carbocycles. The van der Waals surface area contributed by atoms with E-state index in [0.717, 1.165) is 34.9 Å². The zero-order valence-corrected chi connectivity index (χ0v) is 15.6. The molecule has 0 amide bonds. The summed E-state index contributed by atoms with van der Waals surface area (Å²) < 4.78 is 13.6. The summed E-state index contributed by atoms with van der Waals surface area (Å²) in [6.07, 6.45) is 2.28. The van der Waals surface area contributed by atoms with Gasteiger partial charge in [-0.05, 0) is 47.0 Å². The Morgan fingerprint density at radius 1 is 1.36 bits per heavy atom. The van der Waals surface area contributed by atoms with E-state index in [-0.39, 0.29) is 11.7 Å². The van der Waals surface area contributed by atoms with Crippen LogP contribution in [0.2, 0.25) is 0 Å². The van der Waals surface area contributed by atoms with Gasteiger partial charge >= 0.3 is 5.63 Å². The predicted octanol–water partition coefficient (Wildman–Crippen LogP) is 3.01. The average Bonchev–Trinajstić information content (AvgIpc) is 3.24. The van der Waals surface area contributed by atoms with Gasteiger partial charge in [0.15, 0.2) is 0 Å². The Kier molecular flexibility index (Phi) is 4.87. The van der Waals surface area contributed by atoms with Crippen LogP contribution < -0.4 is 5.63 Å². The number of ether oxygens (including phenoxy) is 1. The van der Waals surface area contributed by atoms with Crippen LogP contribution >= 0.6 is 27.7 Å². The number of halogens is 1. The Hall–Kier alpha value is -1.71. The molecule has 9 heteroatoms. The summed E-state index contributed by atoms with van der Waals surface area (Å²) in [4.78, 5) is 11.8. The average molecular weight is 423 g/mol. The summed E-state index contributed by atoms with van der Waals surface area (Å²) in [5.74, 6) is 0.579. The third-order valence-electron chi connectivity index (χ3n) is 4.05. The number of hydrogen-bond acceptors (Lipinski definition) is 7. The van der Waals surface area contributed by atoms with Crippen LogP contribution in [0.5, 0.6) is 0 Å². The second-order valence-corrected chi connectivity index (χ2v) is 7.66. The Balaban J connectivity index is 1.55. The Morgan fingerprint density at radius 2 is 2.28 bits per heavy atom. The molecule has 25 heavy (non-hydrogen) atoms. The number of nitrogens with zero attached hydrogens (tertiary/aromatic N) is 4. The lowest BCUT2D eigenvalue weighted by Crippen LogP contribution is -2.16. The van der Waals surface area contributed by atoms with Crippen molar-refractivity contribution in [2.45, 2.75) is 36.4 Å². The molecule has 130 valence electrons. The summed E-state index contributed by atoms with van der Waals surface area (Å²) in [6.45, 7) is 1.45. The third-order valence-corrected chi connectivity index (χ3v) is 5.55. The number of hydrogen-bond donors (Lipinski definition) is 0. The smallest absolute Gasteiger partial charge is 0.336 e. The number of rotatable bonds is 5. The van der Waals surface area contributed by atoms with Gasteiger partial charge in [-0.3, -0.25) is 0 Å². The third kappa shape index (κ3) is 3.78. The Bertz CT molecular complexity index is 952. The molecule has 0 aliphatic carbocycles. The highest BCUT2D eigenvalue weighted by Gasteiger charge is 2.19. The van der Waals surface area contributed by atoms with Crippen LogP contribution in [-0.2, 0) is 17.0 Å². The summed E-state index contributed by atoms with van der Waals surface area (Å²) in [7, 11) is 0. The fourth-order valence-corrected chi connectivity index (χ4v) is 4.08. The van der Waals surface area contributed by atoms with Crippen molar-refractivity contribution in [1.82, 2.24) is 20.2 Å². The molecule has 1 aliphatic heterocycles. The van der Waals surface area contributed by atoms with Crippen molar-refractivity contribution in [3.05, 3.63) is 44.7 Å². The molecule has 0 radical (unpaired) electrons. The first-order valence-electron chi connectivity index (χ1n) is 7.92. The molecule has 1 aliphatic rings. The molecule has 1 fully saturated rings. The van der Waals surface area contributed by atoms with E-state index in [1.807, 2.05) is 12.1 Å². The minimum Gasteiger partial charge on any atom is -0.423 e. The fourth-order valence-electron chi connectivity index (χ4n) is 2.86. The lowest BCUT2D eigenvalue weighted by atomic mass is 10.1. The van der Waals surface area contributed by atoms with Crippen molar-refractivity contribution in [3.63, 3.8) is 0 Å². The lowest BCUT2D eigenvalue weighted by Gasteiger charge is -2.10. The van der Waals surface area contributed by atoms with Crippen LogP contribution in [0.15, 0.2) is 43.1 Å². The molecule has 1 unspecified atom stereocenters. The number of benzene rings is 1. The van der Waals surface area contributed by atoms with Crippen LogP contribution in [0.1, 0.15) is 18.4 Å². The molecule has 0 N–H and O–H groups in total. The quantitative estimate of drug-likeness (QED) is 0.461. The van der Waals surface area contributed by atoms with Gasteiger partial charge < -0.3 is 9.15 Å². The summed E-state index contributed by atoms with van der Waals surface area (Å²) in [5, 5.41) is 13.5. The molecular formula is C16H15BrN4O3S. The Labute approximate surface area is 155 Å². The van der Waals surface area contributed by atoms with Gasteiger partial charge in [0.2, 0.25) is 5.16 Å². The van der Waals surface area contributed by atoms with Crippen molar-refractivity contribution in [1.29, 1.82) is 0 Å². The molecule has 2 aromatic heterocycles. The van der Waals surface area contributed by atoms with Gasteiger partial charge in [-0.2, -0.15) is 0 Å². The monoisotopic (exact) mass is 422 g/mol. The van der Waals surface area contributed by atoms with Gasteiger partial charge in [-0.15, -0.1) is 5.10 Å². The van der Waals surface area contributed by atoms with Crippen LogP contribution in [0.3, 0.4) is 0 Å². The number of thioether (sulfide) groups is 1. The largest absolute Gasteiger partial charge is 0.423 e. The van der Waals surface area contributed by atoms with Crippen LogP contribution in [0.4, 0.5) is 0 Å². The highest BCUT2D eigenvalue weighted by molar-refractivity contribution is 9.10. The first-order chi connectivity index (χ1) is 12.2. The minimum atomic E-state index is -0.361. The SMILES string of the molecule is O=c1cc(CSc2nnnn2CC2CCCO2)c2ccc(Br)cc2o1. The first kappa shape index (κ1) is 16.7. The number of fused-ring (bicyclic) bond motifs is 1. The molecule has 0 saturated carbocycles. The van der Waals surface area contributed by atoms with E-state index >= 15 is 0 Å². The van der Waals surface area contributed by atoms with Gasteiger partial charge in [0, 0.05) is 28.3 Å². The standard InChI is InChI=1S/C16H15BrN4O3S/c17-11-3-4-13-10(6-15(22)24-14(13)7-11)9-25-16-18-19-20-21(16)8-12-2-1-5-23-12/h3-4,6-7,12H,1-2,5,8-9H2. The highest BCUT2D eigenvalue weighted by atomic mass is 79.9. The summed E-state index contributed by atoms with van der Waals surface area (Å²) >= 11 is 4.89. The molecule has 4 rings (SSSR count). The molecule has 3 aromatic rings. The van der Waals surface area contributed by atoms with Gasteiger partial charge in [0.05, 0.1) is 12.6 Å². The number of tetrazole rings is 1. The molecule has 1 saturated heterocycles. The van der Waals surface area contributed by atoms with Crippen LogP contribution in [-0.4, -0.2) is 32.9 Å². The van der Waals surface area contributed by atoms with E-state index in [9.17, 15) is 4.79 Å². The molecule has 7 nitrogen and oxygen atoms in total. The zero-order chi connectivity index (χ0) is 17.2. The maximum absolute atomic E-state index is 11.8. The van der Waals surface area contributed by atoms with Crippen molar-refractivity contribution in [2.75, 3.05) is 6.61 Å². The Morgan fingerprint density at radius 3 is 3.12 bits per heavy atom. The zero-order valence-electron chi connectivity index (χ0n) is 13.2. The molecular weight excluding hydrogens is 408 g/mol. The van der Waals surface area contributed by atoms with E-state index in [1.54, 1.807) is 10.7 Å². The van der Waals surface area contributed by atoms with Crippen molar-refractivity contribution < 1.29 is 9.15 Å². The second kappa shape index (κ2) is 7.27. The van der Waals surface area contributed by atoms with Gasteiger partial charge in [-0.1, -0.05) is 27.7 Å². The highest BCUT2D eigenvalue weighted by Crippen LogP contribution is 2.27. The van der Waals surface area contributed by atoms with E-state index in [0.29, 0.717) is 23.0 Å². The molecule has 0 spiro atoms. The molecule has 0 bridgehead atoms. The van der Waals surface area contributed by atoms with Crippen LogP contribution in [0, 0.1) is 0 Å². The summed E-state index contributed by atoms with van der Waals surface area (Å²) in [6, 6.07) is 7.19. The van der Waals surface area contributed by atoms with E-state index in [2.05, 4.69) is 31.5 Å². The van der Waals surface area contributed by atoms with E-state index in [1.165, 1.54) is 17.8 Å². The second-order valence-electron chi connectivity index (χ2n) is 5.80. The van der Waals surface area contributed by atoms with E-state index in [4.69, 9.17) is 9.15 Å². The predicted molar refractivity (Wildman–Crippen MR) is 96.5 cm³/mol. The van der Waals surface area contributed by atoms with Gasteiger partial charge in [0.25, 0.3) is 0 Å². The maximum atomic E-state index is 11.8. The first-order valence-corrected chi connectivity index (χ1v) is 9.70. The van der Waals surface area contributed by atoms with Gasteiger partial charge in [0.1, 0.15) is 5.58 Å². The topological polar surface area (TPSA) is 83.0 Å². The maximum Gasteiger partial charge on any atom is 0.336 e.